The molecular formula is C7H3BrClN3S2. The highest BCUT2D eigenvalue weighted by molar-refractivity contribution is 9.10. The summed E-state index contributed by atoms with van der Waals surface area (Å²) in [5.74, 6) is 0. The van der Waals surface area contributed by atoms with E-state index in [0.29, 0.717) is 5.02 Å². The number of halogens is 2. The Balaban J connectivity index is 2.25. The number of rotatable bonds is 2. The van der Waals surface area contributed by atoms with Gasteiger partial charge in [-0.2, -0.15) is 4.37 Å². The Hall–Kier alpha value is -0.170. The highest BCUT2D eigenvalue weighted by atomic mass is 79.9. The van der Waals surface area contributed by atoms with Crippen LogP contribution in [-0.2, 0) is 0 Å². The minimum Gasteiger partial charge on any atom is -0.247 e. The number of hydrogen-bond acceptors (Lipinski definition) is 5. The molecule has 0 spiro atoms. The third-order valence-electron chi connectivity index (χ3n) is 1.30. The second-order valence-electron chi connectivity index (χ2n) is 2.25. The Kier molecular flexibility index (Phi) is 3.38. The Labute approximate surface area is 102 Å². The number of hydrogen-bond donors (Lipinski definition) is 0. The van der Waals surface area contributed by atoms with E-state index < -0.39 is 0 Å². The van der Waals surface area contributed by atoms with Crippen LogP contribution in [0, 0.1) is 0 Å². The van der Waals surface area contributed by atoms with Crippen LogP contribution in [0.15, 0.2) is 32.4 Å². The molecule has 0 saturated heterocycles. The third-order valence-corrected chi connectivity index (χ3v) is 4.11. The van der Waals surface area contributed by atoms with Crippen molar-refractivity contribution in [1.82, 2.24) is 14.3 Å². The molecule has 0 radical (unpaired) electrons. The summed E-state index contributed by atoms with van der Waals surface area (Å²) < 4.78 is 5.63. The summed E-state index contributed by atoms with van der Waals surface area (Å²) in [6.45, 7) is 0. The summed E-state index contributed by atoms with van der Waals surface area (Å²) in [5, 5.41) is 1.45. The predicted octanol–water partition coefficient (Wildman–Crippen LogP) is 3.50. The Bertz CT molecular complexity index is 435. The molecule has 2 heterocycles. The van der Waals surface area contributed by atoms with Crippen LogP contribution in [-0.4, -0.2) is 14.3 Å². The molecule has 0 aromatic carbocycles. The second-order valence-corrected chi connectivity index (χ2v) is 5.56. The van der Waals surface area contributed by atoms with E-state index >= 15 is 0 Å². The van der Waals surface area contributed by atoms with Crippen LogP contribution in [0.1, 0.15) is 0 Å². The molecule has 2 aromatic rings. The van der Waals surface area contributed by atoms with Gasteiger partial charge in [-0.15, -0.1) is 0 Å². The summed E-state index contributed by atoms with van der Waals surface area (Å²) >= 11 is 11.9. The lowest BCUT2D eigenvalue weighted by molar-refractivity contribution is 1.10. The highest BCUT2D eigenvalue weighted by Crippen LogP contribution is 2.33. The Morgan fingerprint density at radius 3 is 2.93 bits per heavy atom. The summed E-state index contributed by atoms with van der Waals surface area (Å²) in [6, 6.07) is 1.80. The molecule has 0 aliphatic carbocycles. The lowest BCUT2D eigenvalue weighted by Gasteiger charge is -1.99. The van der Waals surface area contributed by atoms with Gasteiger partial charge in [0.1, 0.15) is 11.4 Å². The molecule has 0 unspecified atom stereocenters. The van der Waals surface area contributed by atoms with E-state index in [-0.39, 0.29) is 0 Å². The van der Waals surface area contributed by atoms with E-state index in [1.54, 1.807) is 12.3 Å². The molecular weight excluding hydrogens is 306 g/mol. The summed E-state index contributed by atoms with van der Waals surface area (Å²) in [5.41, 5.74) is 0. The van der Waals surface area contributed by atoms with Crippen LogP contribution < -0.4 is 0 Å². The average molecular weight is 309 g/mol. The van der Waals surface area contributed by atoms with Gasteiger partial charge >= 0.3 is 0 Å². The van der Waals surface area contributed by atoms with Gasteiger partial charge in [-0.3, -0.25) is 0 Å². The van der Waals surface area contributed by atoms with E-state index in [9.17, 15) is 0 Å². The minimum absolute atomic E-state index is 0.610. The van der Waals surface area contributed by atoms with Crippen LogP contribution >= 0.6 is 50.8 Å². The molecule has 7 heteroatoms. The Morgan fingerprint density at radius 2 is 2.29 bits per heavy atom. The van der Waals surface area contributed by atoms with Crippen molar-refractivity contribution < 1.29 is 0 Å². The normalized spacial score (nSPS) is 10.4. The van der Waals surface area contributed by atoms with Gasteiger partial charge in [0.25, 0.3) is 0 Å². The molecule has 0 aliphatic rings. The molecule has 0 fully saturated rings. The third kappa shape index (κ3) is 2.44. The number of nitrogens with zero attached hydrogens (tertiary/aromatic N) is 3. The fourth-order valence-electron chi connectivity index (χ4n) is 0.768. The van der Waals surface area contributed by atoms with Crippen molar-refractivity contribution >= 4 is 50.8 Å². The monoisotopic (exact) mass is 307 g/mol. The zero-order valence-electron chi connectivity index (χ0n) is 6.65. The first-order chi connectivity index (χ1) is 6.75. The van der Waals surface area contributed by atoms with Crippen LogP contribution in [0.25, 0.3) is 0 Å². The van der Waals surface area contributed by atoms with Crippen LogP contribution in [0.2, 0.25) is 5.02 Å². The minimum atomic E-state index is 0.610. The van der Waals surface area contributed by atoms with E-state index in [1.807, 2.05) is 0 Å². The molecule has 14 heavy (non-hydrogen) atoms. The molecule has 72 valence electrons. The topological polar surface area (TPSA) is 38.7 Å². The van der Waals surface area contributed by atoms with Gasteiger partial charge in [0.2, 0.25) is 0 Å². The predicted molar refractivity (Wildman–Crippen MR) is 61.0 cm³/mol. The Morgan fingerprint density at radius 1 is 1.43 bits per heavy atom. The van der Waals surface area contributed by atoms with Crippen molar-refractivity contribution in [3.63, 3.8) is 0 Å². The van der Waals surface area contributed by atoms with Crippen LogP contribution in [0.4, 0.5) is 0 Å². The van der Waals surface area contributed by atoms with Gasteiger partial charge in [0, 0.05) is 6.20 Å². The fraction of sp³-hybridized carbons (Fsp3) is 0. The number of pyridine rings is 1. The van der Waals surface area contributed by atoms with Crippen molar-refractivity contribution in [2.45, 2.75) is 9.37 Å². The van der Waals surface area contributed by atoms with Crippen molar-refractivity contribution in [2.75, 3.05) is 0 Å². The van der Waals surface area contributed by atoms with Gasteiger partial charge < -0.3 is 0 Å². The van der Waals surface area contributed by atoms with E-state index in [0.717, 1.165) is 13.8 Å². The van der Waals surface area contributed by atoms with E-state index in [2.05, 4.69) is 30.3 Å². The molecule has 2 rings (SSSR count). The van der Waals surface area contributed by atoms with Crippen molar-refractivity contribution in [3.05, 3.63) is 28.1 Å². The molecule has 2 aromatic heterocycles. The molecule has 0 aliphatic heterocycles. The van der Waals surface area contributed by atoms with Gasteiger partial charge in [0.15, 0.2) is 4.34 Å². The summed E-state index contributed by atoms with van der Waals surface area (Å²) in [6.07, 6.45) is 3.13. The smallest absolute Gasteiger partial charge is 0.176 e. The first-order valence-electron chi connectivity index (χ1n) is 3.51. The van der Waals surface area contributed by atoms with Gasteiger partial charge in [-0.05, 0) is 45.3 Å². The fourth-order valence-corrected chi connectivity index (χ4v) is 2.97. The maximum absolute atomic E-state index is 5.77. The molecule has 3 nitrogen and oxygen atoms in total. The molecule has 0 N–H and O–H groups in total. The average Bonchev–Trinajstić information content (AvgIpc) is 2.62. The zero-order valence-corrected chi connectivity index (χ0v) is 10.6. The van der Waals surface area contributed by atoms with Crippen molar-refractivity contribution in [3.8, 4) is 0 Å². The van der Waals surface area contributed by atoms with Crippen molar-refractivity contribution in [1.29, 1.82) is 0 Å². The summed E-state index contributed by atoms with van der Waals surface area (Å²) in [7, 11) is 0. The lowest BCUT2D eigenvalue weighted by atomic mass is 10.5. The second kappa shape index (κ2) is 4.57. The zero-order chi connectivity index (χ0) is 9.97. The summed E-state index contributed by atoms with van der Waals surface area (Å²) in [4.78, 5) is 8.23. The highest BCUT2D eigenvalue weighted by Gasteiger charge is 2.06. The first kappa shape index (κ1) is 10.4. The maximum Gasteiger partial charge on any atom is 0.176 e. The van der Waals surface area contributed by atoms with Gasteiger partial charge in [-0.25, -0.2) is 9.97 Å². The largest absolute Gasteiger partial charge is 0.247 e. The lowest BCUT2D eigenvalue weighted by Crippen LogP contribution is -1.81. The first-order valence-corrected chi connectivity index (χ1v) is 6.27. The molecule has 0 bridgehead atoms. The SMILES string of the molecule is Clc1cnc(Sc2ncns2)c(Br)c1. The van der Waals surface area contributed by atoms with E-state index in [4.69, 9.17) is 11.6 Å². The van der Waals surface area contributed by atoms with Crippen molar-refractivity contribution in [2.24, 2.45) is 0 Å². The number of aromatic nitrogens is 3. The quantitative estimate of drug-likeness (QED) is 0.851. The standard InChI is InChI=1S/C7H3BrClN3S2/c8-5-1-4(9)2-10-6(5)13-7-11-3-12-14-7/h1-3H. The van der Waals surface area contributed by atoms with Crippen LogP contribution in [0.5, 0.6) is 0 Å². The molecule has 0 amide bonds. The van der Waals surface area contributed by atoms with E-state index in [1.165, 1.54) is 29.6 Å². The molecule has 0 saturated carbocycles. The van der Waals surface area contributed by atoms with Crippen LogP contribution in [0.3, 0.4) is 0 Å². The van der Waals surface area contributed by atoms with Gasteiger partial charge in [-0.1, -0.05) is 11.6 Å². The van der Waals surface area contributed by atoms with Gasteiger partial charge in [0.05, 0.1) is 9.50 Å². The maximum atomic E-state index is 5.77. The molecule has 0 atom stereocenters.